The lowest BCUT2D eigenvalue weighted by Crippen LogP contribution is -2.61. The fourth-order valence-electron chi connectivity index (χ4n) is 5.92. The van der Waals surface area contributed by atoms with Crippen molar-refractivity contribution < 1.29 is 22.8 Å². The Bertz CT molecular complexity index is 1260. The summed E-state index contributed by atoms with van der Waals surface area (Å²) >= 11 is 1.24. The Morgan fingerprint density at radius 3 is 2.53 bits per heavy atom. The van der Waals surface area contributed by atoms with E-state index in [9.17, 15) is 22.8 Å². The van der Waals surface area contributed by atoms with E-state index in [1.165, 1.54) is 20.5 Å². The number of carbonyl (C=O) groups excluding carboxylic acids is 3. The number of benzene rings is 1. The zero-order chi connectivity index (χ0) is 26.9. The summed E-state index contributed by atoms with van der Waals surface area (Å²) in [6, 6.07) is 7.12. The number of ketones is 1. The number of piperazine rings is 1. The van der Waals surface area contributed by atoms with Gasteiger partial charge in [-0.2, -0.15) is 4.31 Å². The third-order valence-corrected chi connectivity index (χ3v) is 10.5. The van der Waals surface area contributed by atoms with Crippen molar-refractivity contribution in [2.45, 2.75) is 68.4 Å². The molecule has 1 aliphatic carbocycles. The third kappa shape index (κ3) is 5.68. The average molecular weight is 560 g/mol. The van der Waals surface area contributed by atoms with E-state index in [1.54, 1.807) is 35.8 Å². The molecule has 12 heteroatoms. The van der Waals surface area contributed by atoms with Gasteiger partial charge in [-0.1, -0.05) is 30.3 Å². The second-order valence-corrected chi connectivity index (χ2v) is 13.3. The number of carbonyl (C=O) groups is 3. The molecular weight excluding hydrogens is 526 g/mol. The van der Waals surface area contributed by atoms with E-state index in [2.05, 4.69) is 10.3 Å². The Hall–Kier alpha value is -2.67. The van der Waals surface area contributed by atoms with E-state index in [4.69, 9.17) is 5.73 Å². The molecule has 1 aromatic carbocycles. The maximum atomic E-state index is 13.5. The van der Waals surface area contributed by atoms with Crippen molar-refractivity contribution in [1.29, 1.82) is 0 Å². The summed E-state index contributed by atoms with van der Waals surface area (Å²) in [5.74, 6) is -1.20. The molecule has 5 rings (SSSR count). The van der Waals surface area contributed by atoms with Crippen molar-refractivity contribution >= 4 is 39.0 Å². The number of nitrogens with two attached hydrogens (primary N) is 1. The first kappa shape index (κ1) is 26.9. The minimum Gasteiger partial charge on any atom is -0.344 e. The van der Waals surface area contributed by atoms with Crippen molar-refractivity contribution in [2.75, 3.05) is 13.1 Å². The van der Waals surface area contributed by atoms with E-state index in [1.807, 2.05) is 6.07 Å². The van der Waals surface area contributed by atoms with Crippen LogP contribution in [0.2, 0.25) is 0 Å². The third-order valence-electron chi connectivity index (χ3n) is 7.92. The van der Waals surface area contributed by atoms with Crippen LogP contribution in [-0.2, 0) is 25.4 Å². The molecule has 2 amide bonds. The first-order chi connectivity index (χ1) is 18.2. The number of hydrogen-bond donors (Lipinski definition) is 2. The number of nitrogens with zero attached hydrogens (tertiary/aromatic N) is 3. The number of nitrogens with one attached hydrogen (secondary N) is 1. The summed E-state index contributed by atoms with van der Waals surface area (Å²) in [6.45, 7) is -0.135. The Balaban J connectivity index is 1.28. The molecular formula is C26H33N5O5S2. The molecule has 0 radical (unpaired) electrons. The monoisotopic (exact) mass is 559 g/mol. The number of aromatic nitrogens is 1. The minimum atomic E-state index is -3.70. The van der Waals surface area contributed by atoms with Crippen LogP contribution in [0.15, 0.2) is 41.9 Å². The number of amides is 2. The van der Waals surface area contributed by atoms with Crippen LogP contribution < -0.4 is 11.1 Å². The Labute approximate surface area is 226 Å². The second-order valence-electron chi connectivity index (χ2n) is 10.4. The van der Waals surface area contributed by atoms with Crippen LogP contribution in [0.4, 0.5) is 0 Å². The molecule has 2 aliphatic heterocycles. The van der Waals surface area contributed by atoms with E-state index >= 15 is 0 Å². The van der Waals surface area contributed by atoms with Gasteiger partial charge in [0.05, 0.1) is 18.3 Å². The number of thiazole rings is 1. The molecule has 2 saturated heterocycles. The molecule has 3 heterocycles. The van der Waals surface area contributed by atoms with Crippen molar-refractivity contribution in [3.63, 3.8) is 0 Å². The van der Waals surface area contributed by atoms with Gasteiger partial charge in [-0.15, -0.1) is 11.3 Å². The van der Waals surface area contributed by atoms with Crippen molar-refractivity contribution in [2.24, 2.45) is 11.7 Å². The maximum Gasteiger partial charge on any atom is 0.243 e. The van der Waals surface area contributed by atoms with Crippen molar-refractivity contribution in [3.8, 4) is 0 Å². The number of fused-ring (bicyclic) bond motifs is 1. The summed E-state index contributed by atoms with van der Waals surface area (Å²) in [6.07, 6.45) is 5.53. The molecule has 3 fully saturated rings. The quantitative estimate of drug-likeness (QED) is 0.467. The zero-order valence-corrected chi connectivity index (χ0v) is 22.7. The van der Waals surface area contributed by atoms with Crippen LogP contribution >= 0.6 is 11.3 Å². The standard InChI is InChI=1S/C26H33N5O5S2/c27-19-8-6-18(7-9-19)23(24(33)26-28-12-13-37-26)29-25(34)21-11-10-20-14-30(15-22(32)31(20)21)38(35,36)16-17-4-2-1-3-5-17/h1-5,12-13,18-21,23H,6-11,14-16,27H2,(H,29,34)/t18?,19?,20-,21-,23-/m0/s1. The Kier molecular flexibility index (Phi) is 7.94. The van der Waals surface area contributed by atoms with Crippen LogP contribution in [0.25, 0.3) is 0 Å². The Morgan fingerprint density at radius 1 is 1.11 bits per heavy atom. The molecule has 0 spiro atoms. The lowest BCUT2D eigenvalue weighted by atomic mass is 9.80. The Morgan fingerprint density at radius 2 is 1.84 bits per heavy atom. The molecule has 1 saturated carbocycles. The summed E-state index contributed by atoms with van der Waals surface area (Å²) in [5.41, 5.74) is 6.73. The number of hydrogen-bond acceptors (Lipinski definition) is 8. The van der Waals surface area contributed by atoms with E-state index < -0.39 is 22.1 Å². The summed E-state index contributed by atoms with van der Waals surface area (Å²) in [7, 11) is -3.70. The molecule has 3 aliphatic rings. The van der Waals surface area contributed by atoms with Crippen LogP contribution in [-0.4, -0.2) is 77.5 Å². The van der Waals surface area contributed by atoms with E-state index in [0.29, 0.717) is 23.4 Å². The molecule has 10 nitrogen and oxygen atoms in total. The number of rotatable bonds is 8. The lowest BCUT2D eigenvalue weighted by Gasteiger charge is -2.39. The minimum absolute atomic E-state index is 0.0528. The molecule has 0 unspecified atom stereocenters. The van der Waals surface area contributed by atoms with Gasteiger partial charge in [-0.25, -0.2) is 13.4 Å². The van der Waals surface area contributed by atoms with Crippen LogP contribution in [0.3, 0.4) is 0 Å². The molecule has 2 aromatic rings. The predicted molar refractivity (Wildman–Crippen MR) is 143 cm³/mol. The van der Waals surface area contributed by atoms with Gasteiger partial charge in [0, 0.05) is 30.2 Å². The van der Waals surface area contributed by atoms with Crippen LogP contribution in [0, 0.1) is 5.92 Å². The zero-order valence-electron chi connectivity index (χ0n) is 21.1. The maximum absolute atomic E-state index is 13.5. The van der Waals surface area contributed by atoms with Gasteiger partial charge in [0.25, 0.3) is 0 Å². The number of Topliss-reactive ketones (excluding diaryl/α,β-unsaturated/α-hetero) is 1. The van der Waals surface area contributed by atoms with Crippen molar-refractivity contribution in [1.82, 2.24) is 19.5 Å². The highest BCUT2D eigenvalue weighted by atomic mass is 32.2. The summed E-state index contributed by atoms with van der Waals surface area (Å²) in [5, 5.41) is 5.05. The highest BCUT2D eigenvalue weighted by molar-refractivity contribution is 7.88. The van der Waals surface area contributed by atoms with E-state index in [-0.39, 0.29) is 54.4 Å². The molecule has 1 aromatic heterocycles. The van der Waals surface area contributed by atoms with Crippen LogP contribution in [0.5, 0.6) is 0 Å². The SMILES string of the molecule is NC1CCC([C@H](NC(=O)[C@@H]2CC[C@H]3CN(S(=O)(=O)Cc4ccccc4)CC(=O)N32)C(=O)c2nccs2)CC1. The average Bonchev–Trinajstić information content (AvgIpc) is 3.59. The predicted octanol–water partition coefficient (Wildman–Crippen LogP) is 1.53. The van der Waals surface area contributed by atoms with Crippen molar-refractivity contribution in [3.05, 3.63) is 52.5 Å². The molecule has 0 bridgehead atoms. The first-order valence-electron chi connectivity index (χ1n) is 13.1. The van der Waals surface area contributed by atoms with Gasteiger partial charge in [0.1, 0.15) is 6.04 Å². The molecule has 204 valence electrons. The van der Waals surface area contributed by atoms with Gasteiger partial charge < -0.3 is 16.0 Å². The highest BCUT2D eigenvalue weighted by Gasteiger charge is 2.48. The van der Waals surface area contributed by atoms with E-state index in [0.717, 1.165) is 25.7 Å². The van der Waals surface area contributed by atoms with Gasteiger partial charge in [-0.05, 0) is 50.0 Å². The van der Waals surface area contributed by atoms with Crippen LogP contribution in [0.1, 0.15) is 53.9 Å². The topological polar surface area (TPSA) is 143 Å². The van der Waals surface area contributed by atoms with Gasteiger partial charge in [0.15, 0.2) is 5.01 Å². The fourth-order valence-corrected chi connectivity index (χ4v) is 8.04. The molecule has 38 heavy (non-hydrogen) atoms. The normalized spacial score (nSPS) is 27.1. The first-order valence-corrected chi connectivity index (χ1v) is 15.5. The fraction of sp³-hybridized carbons (Fsp3) is 0.538. The summed E-state index contributed by atoms with van der Waals surface area (Å²) in [4.78, 5) is 45.7. The molecule has 3 atom stereocenters. The second kappa shape index (κ2) is 11.2. The van der Waals surface area contributed by atoms with Gasteiger partial charge in [0.2, 0.25) is 27.6 Å². The summed E-state index contributed by atoms with van der Waals surface area (Å²) < 4.78 is 27.4. The number of sulfonamides is 1. The smallest absolute Gasteiger partial charge is 0.243 e. The highest BCUT2D eigenvalue weighted by Crippen LogP contribution is 2.32. The van der Waals surface area contributed by atoms with Gasteiger partial charge in [-0.3, -0.25) is 14.4 Å². The lowest BCUT2D eigenvalue weighted by molar-refractivity contribution is -0.143. The van der Waals surface area contributed by atoms with Gasteiger partial charge >= 0.3 is 0 Å². The largest absolute Gasteiger partial charge is 0.344 e. The molecule has 3 N–H and O–H groups in total.